The van der Waals surface area contributed by atoms with Crippen molar-refractivity contribution >= 4 is 11.5 Å². The van der Waals surface area contributed by atoms with Gasteiger partial charge >= 0.3 is 5.69 Å². The zero-order valence-electron chi connectivity index (χ0n) is 10.9. The Morgan fingerprint density at radius 1 is 1.26 bits per heavy atom. The molecule has 2 N–H and O–H groups in total. The van der Waals surface area contributed by atoms with E-state index in [9.17, 15) is 4.79 Å². The summed E-state index contributed by atoms with van der Waals surface area (Å²) in [7, 11) is 3.13. The number of hydrogen-bond donors (Lipinski definition) is 2. The van der Waals surface area contributed by atoms with Crippen molar-refractivity contribution in [2.45, 2.75) is 6.92 Å². The van der Waals surface area contributed by atoms with Gasteiger partial charge in [-0.05, 0) is 19.1 Å². The number of aryl methyl sites for hydroxylation is 1. The molecule has 0 aliphatic heterocycles. The molecule has 100 valence electrons. The molecule has 1 aromatic carbocycles. The monoisotopic (exact) mass is 262 g/mol. The average Bonchev–Trinajstić information content (AvgIpc) is 2.42. The number of aromatic nitrogens is 3. The summed E-state index contributed by atoms with van der Waals surface area (Å²) in [6.45, 7) is 1.73. The second-order valence-corrected chi connectivity index (χ2v) is 3.77. The quantitative estimate of drug-likeness (QED) is 0.861. The summed E-state index contributed by atoms with van der Waals surface area (Å²) in [6, 6.07) is 5.29. The van der Waals surface area contributed by atoms with Crippen LogP contribution in [0, 0.1) is 6.92 Å². The Labute approximate surface area is 109 Å². The third kappa shape index (κ3) is 2.82. The summed E-state index contributed by atoms with van der Waals surface area (Å²) >= 11 is 0. The first-order valence-corrected chi connectivity index (χ1v) is 5.56. The number of H-pyrrole nitrogens is 1. The molecule has 0 saturated carbocycles. The maximum atomic E-state index is 11.2. The molecule has 19 heavy (non-hydrogen) atoms. The minimum Gasteiger partial charge on any atom is -0.497 e. The van der Waals surface area contributed by atoms with Gasteiger partial charge in [-0.3, -0.25) is 0 Å². The summed E-state index contributed by atoms with van der Waals surface area (Å²) in [6.07, 6.45) is 0. The Hall–Kier alpha value is -2.57. The lowest BCUT2D eigenvalue weighted by Crippen LogP contribution is -2.15. The second kappa shape index (κ2) is 5.38. The fraction of sp³-hybridized carbons (Fsp3) is 0.250. The van der Waals surface area contributed by atoms with Crippen molar-refractivity contribution in [2.75, 3.05) is 19.5 Å². The van der Waals surface area contributed by atoms with E-state index in [0.717, 1.165) is 0 Å². The highest BCUT2D eigenvalue weighted by molar-refractivity contribution is 5.66. The number of ether oxygens (including phenoxy) is 2. The van der Waals surface area contributed by atoms with Crippen LogP contribution in [0.3, 0.4) is 0 Å². The minimum atomic E-state index is -0.519. The van der Waals surface area contributed by atoms with Gasteiger partial charge in [-0.15, -0.1) is 0 Å². The molecule has 0 aliphatic carbocycles. The summed E-state index contributed by atoms with van der Waals surface area (Å²) in [4.78, 5) is 15.0. The molecule has 7 nitrogen and oxygen atoms in total. The van der Waals surface area contributed by atoms with Crippen LogP contribution in [0.1, 0.15) is 5.69 Å². The summed E-state index contributed by atoms with van der Waals surface area (Å²) in [5.41, 5.74) is 0.698. The number of methoxy groups -OCH3 is 2. The summed E-state index contributed by atoms with van der Waals surface area (Å²) < 4.78 is 10.4. The lowest BCUT2D eigenvalue weighted by Gasteiger charge is -2.12. The first kappa shape index (κ1) is 12.9. The standard InChI is InChI=1S/C12H14N4O3/c1-7-11(14-12(17)16-15-7)13-9-6-8(18-2)4-5-10(9)19-3/h4-6H,1-3H3,(H2,13,14,16,17). The molecule has 1 heterocycles. The first-order chi connectivity index (χ1) is 9.13. The van der Waals surface area contributed by atoms with Gasteiger partial charge in [-0.2, -0.15) is 10.1 Å². The van der Waals surface area contributed by atoms with Crippen molar-refractivity contribution in [1.82, 2.24) is 15.2 Å². The van der Waals surface area contributed by atoms with Gasteiger partial charge in [0.05, 0.1) is 19.9 Å². The van der Waals surface area contributed by atoms with Crippen LogP contribution in [0.2, 0.25) is 0 Å². The van der Waals surface area contributed by atoms with Gasteiger partial charge in [0.1, 0.15) is 17.2 Å². The average molecular weight is 262 g/mol. The van der Waals surface area contributed by atoms with Gasteiger partial charge in [0.2, 0.25) is 0 Å². The number of nitrogens with one attached hydrogen (secondary N) is 2. The Morgan fingerprint density at radius 2 is 2.05 bits per heavy atom. The number of anilines is 2. The zero-order chi connectivity index (χ0) is 13.8. The van der Waals surface area contributed by atoms with Gasteiger partial charge in [-0.1, -0.05) is 0 Å². The smallest absolute Gasteiger partial charge is 0.363 e. The highest BCUT2D eigenvalue weighted by atomic mass is 16.5. The maximum Gasteiger partial charge on any atom is 0.363 e. The molecule has 0 radical (unpaired) electrons. The molecule has 0 fully saturated rings. The Bertz CT molecular complexity index is 639. The first-order valence-electron chi connectivity index (χ1n) is 5.56. The lowest BCUT2D eigenvalue weighted by molar-refractivity contribution is 0.405. The normalized spacial score (nSPS) is 10.1. The van der Waals surface area contributed by atoms with Crippen molar-refractivity contribution in [3.63, 3.8) is 0 Å². The lowest BCUT2D eigenvalue weighted by atomic mass is 10.2. The van der Waals surface area contributed by atoms with Crippen molar-refractivity contribution in [3.05, 3.63) is 34.4 Å². The van der Waals surface area contributed by atoms with Crippen LogP contribution in [0.25, 0.3) is 0 Å². The molecule has 2 rings (SSSR count). The molecule has 0 amide bonds. The van der Waals surface area contributed by atoms with Crippen LogP contribution >= 0.6 is 0 Å². The highest BCUT2D eigenvalue weighted by Crippen LogP contribution is 2.31. The van der Waals surface area contributed by atoms with E-state index < -0.39 is 5.69 Å². The molecule has 0 atom stereocenters. The molecule has 2 aromatic rings. The molecule has 0 aliphatic rings. The van der Waals surface area contributed by atoms with Crippen LogP contribution in [0.4, 0.5) is 11.5 Å². The van der Waals surface area contributed by atoms with Crippen LogP contribution in [-0.4, -0.2) is 29.4 Å². The number of aromatic amines is 1. The third-order valence-electron chi connectivity index (χ3n) is 2.54. The maximum absolute atomic E-state index is 11.2. The summed E-state index contributed by atoms with van der Waals surface area (Å²) in [5.74, 6) is 1.65. The Balaban J connectivity index is 2.41. The molecule has 1 aromatic heterocycles. The van der Waals surface area contributed by atoms with Gasteiger partial charge in [0.15, 0.2) is 5.82 Å². The van der Waals surface area contributed by atoms with E-state index >= 15 is 0 Å². The second-order valence-electron chi connectivity index (χ2n) is 3.77. The van der Waals surface area contributed by atoms with Gasteiger partial charge in [0, 0.05) is 6.07 Å². The predicted octanol–water partition coefficient (Wildman–Crippen LogP) is 1.23. The van der Waals surface area contributed by atoms with Crippen molar-refractivity contribution in [2.24, 2.45) is 0 Å². The summed E-state index contributed by atoms with van der Waals surface area (Å²) in [5, 5.41) is 9.11. The topological polar surface area (TPSA) is 89.1 Å². The highest BCUT2D eigenvalue weighted by Gasteiger charge is 2.09. The molecular weight excluding hydrogens is 248 g/mol. The Kier molecular flexibility index (Phi) is 3.65. The van der Waals surface area contributed by atoms with Gasteiger partial charge in [-0.25, -0.2) is 9.89 Å². The van der Waals surface area contributed by atoms with E-state index in [4.69, 9.17) is 9.47 Å². The fourth-order valence-corrected chi connectivity index (χ4v) is 1.55. The number of benzene rings is 1. The minimum absolute atomic E-state index is 0.371. The number of rotatable bonds is 4. The third-order valence-corrected chi connectivity index (χ3v) is 2.54. The van der Waals surface area contributed by atoms with Crippen molar-refractivity contribution in [1.29, 1.82) is 0 Å². The van der Waals surface area contributed by atoms with Crippen LogP contribution in [0.15, 0.2) is 23.0 Å². The van der Waals surface area contributed by atoms with E-state index in [-0.39, 0.29) is 0 Å². The number of hydrogen-bond acceptors (Lipinski definition) is 6. The van der Waals surface area contributed by atoms with Crippen LogP contribution < -0.4 is 20.5 Å². The SMILES string of the molecule is COc1ccc(OC)c(Nc2nc(=O)[nH]nc2C)c1. The van der Waals surface area contributed by atoms with Crippen molar-refractivity contribution in [3.8, 4) is 11.5 Å². The van der Waals surface area contributed by atoms with Crippen molar-refractivity contribution < 1.29 is 9.47 Å². The van der Waals surface area contributed by atoms with E-state index in [1.165, 1.54) is 0 Å². The van der Waals surface area contributed by atoms with E-state index in [1.807, 2.05) is 0 Å². The van der Waals surface area contributed by atoms with Gasteiger partial charge < -0.3 is 14.8 Å². The fourth-order valence-electron chi connectivity index (χ4n) is 1.55. The predicted molar refractivity (Wildman–Crippen MR) is 70.2 cm³/mol. The van der Waals surface area contributed by atoms with E-state index in [2.05, 4.69) is 20.5 Å². The van der Waals surface area contributed by atoms with Crippen LogP contribution in [0.5, 0.6) is 11.5 Å². The van der Waals surface area contributed by atoms with Crippen LogP contribution in [-0.2, 0) is 0 Å². The molecular formula is C12H14N4O3. The molecule has 7 heteroatoms. The van der Waals surface area contributed by atoms with Gasteiger partial charge in [0.25, 0.3) is 0 Å². The molecule has 0 saturated heterocycles. The van der Waals surface area contributed by atoms with E-state index in [0.29, 0.717) is 28.7 Å². The van der Waals surface area contributed by atoms with E-state index in [1.54, 1.807) is 39.3 Å². The Morgan fingerprint density at radius 3 is 2.74 bits per heavy atom. The molecule has 0 bridgehead atoms. The number of nitrogens with zero attached hydrogens (tertiary/aromatic N) is 2. The zero-order valence-corrected chi connectivity index (χ0v) is 10.9. The molecule has 0 spiro atoms. The largest absolute Gasteiger partial charge is 0.497 e. The molecule has 0 unspecified atom stereocenters.